The highest BCUT2D eigenvalue weighted by molar-refractivity contribution is 6.36. The topological polar surface area (TPSA) is 54.4 Å². The van der Waals surface area contributed by atoms with Crippen LogP contribution in [0.1, 0.15) is 19.4 Å². The molecule has 1 atom stereocenters. The third kappa shape index (κ3) is 3.20. The van der Waals surface area contributed by atoms with Crippen LogP contribution in [0, 0.1) is 5.92 Å². The van der Waals surface area contributed by atoms with E-state index in [0.29, 0.717) is 6.42 Å². The molecular weight excluding hydrogens is 192 g/mol. The fourth-order valence-corrected chi connectivity index (χ4v) is 1.43. The molecule has 0 bridgehead atoms. The number of rotatable bonds is 4. The van der Waals surface area contributed by atoms with Crippen LogP contribution in [0.3, 0.4) is 0 Å². The van der Waals surface area contributed by atoms with Crippen LogP contribution in [0.25, 0.3) is 0 Å². The average Bonchev–Trinajstić information content (AvgIpc) is 2.20. The molecule has 0 fully saturated rings. The lowest BCUT2D eigenvalue weighted by atomic mass is 9.95. The first kappa shape index (κ1) is 11.4. The normalized spacial score (nSPS) is 12.1. The molecule has 15 heavy (non-hydrogen) atoms. The maximum atomic E-state index is 11.3. The molecule has 1 rings (SSSR count). The van der Waals surface area contributed by atoms with Gasteiger partial charge in [0.25, 0.3) is 0 Å². The van der Waals surface area contributed by atoms with E-state index in [1.54, 1.807) is 31.2 Å². The van der Waals surface area contributed by atoms with Crippen molar-refractivity contribution in [1.29, 1.82) is 0 Å². The molecule has 0 aliphatic rings. The summed E-state index contributed by atoms with van der Waals surface area (Å²) in [6.45, 7) is 3.02. The lowest BCUT2D eigenvalue weighted by molar-refractivity contribution is -0.137. The Morgan fingerprint density at radius 2 is 1.80 bits per heavy atom. The molecule has 0 aliphatic heterocycles. The Morgan fingerprint density at radius 1 is 1.27 bits per heavy atom. The summed E-state index contributed by atoms with van der Waals surface area (Å²) in [5.74, 6) is -0.847. The fraction of sp³-hybridized carbons (Fsp3) is 0.333. The van der Waals surface area contributed by atoms with Gasteiger partial charge >= 0.3 is 0 Å². The zero-order chi connectivity index (χ0) is 11.4. The monoisotopic (exact) mass is 206 g/mol. The zero-order valence-corrected chi connectivity index (χ0v) is 8.86. The number of ketones is 2. The molecule has 0 saturated carbocycles. The van der Waals surface area contributed by atoms with E-state index in [0.717, 1.165) is 5.56 Å². The highest BCUT2D eigenvalue weighted by Crippen LogP contribution is 2.14. The van der Waals surface area contributed by atoms with E-state index in [1.165, 1.54) is 6.92 Å². The Labute approximate surface area is 88.7 Å². The number of aromatic hydroxyl groups is 1. The second kappa shape index (κ2) is 4.73. The summed E-state index contributed by atoms with van der Waals surface area (Å²) in [5.41, 5.74) is 0.940. The molecule has 0 aromatic heterocycles. The predicted octanol–water partition coefficient (Wildman–Crippen LogP) is 1.73. The number of hydrogen-bond acceptors (Lipinski definition) is 3. The SMILES string of the molecule is CC(=O)C(=O)C(C)Cc1ccc(O)cc1. The highest BCUT2D eigenvalue weighted by atomic mass is 16.3. The van der Waals surface area contributed by atoms with E-state index in [-0.39, 0.29) is 17.5 Å². The van der Waals surface area contributed by atoms with Gasteiger partial charge in [-0.3, -0.25) is 9.59 Å². The first-order valence-corrected chi connectivity index (χ1v) is 4.83. The quantitative estimate of drug-likeness (QED) is 0.763. The van der Waals surface area contributed by atoms with E-state index in [1.807, 2.05) is 0 Å². The summed E-state index contributed by atoms with van der Waals surface area (Å²) >= 11 is 0. The Kier molecular flexibility index (Phi) is 3.61. The van der Waals surface area contributed by atoms with Crippen molar-refractivity contribution in [1.82, 2.24) is 0 Å². The summed E-state index contributed by atoms with van der Waals surface area (Å²) < 4.78 is 0. The molecule has 1 aromatic carbocycles. The molecule has 1 unspecified atom stereocenters. The molecule has 3 nitrogen and oxygen atoms in total. The maximum Gasteiger partial charge on any atom is 0.201 e. The molecule has 3 heteroatoms. The minimum atomic E-state index is -0.402. The van der Waals surface area contributed by atoms with Crippen molar-refractivity contribution in [3.05, 3.63) is 29.8 Å². The molecule has 1 N–H and O–H groups in total. The predicted molar refractivity (Wildman–Crippen MR) is 56.7 cm³/mol. The smallest absolute Gasteiger partial charge is 0.201 e. The largest absolute Gasteiger partial charge is 0.508 e. The van der Waals surface area contributed by atoms with Crippen LogP contribution >= 0.6 is 0 Å². The van der Waals surface area contributed by atoms with Crippen molar-refractivity contribution < 1.29 is 14.7 Å². The van der Waals surface area contributed by atoms with Crippen molar-refractivity contribution in [3.63, 3.8) is 0 Å². The van der Waals surface area contributed by atoms with Crippen LogP contribution < -0.4 is 0 Å². The van der Waals surface area contributed by atoms with E-state index in [2.05, 4.69) is 0 Å². The molecule has 1 aromatic rings. The second-order valence-corrected chi connectivity index (χ2v) is 3.69. The van der Waals surface area contributed by atoms with Gasteiger partial charge in [-0.25, -0.2) is 0 Å². The third-order valence-electron chi connectivity index (χ3n) is 2.27. The fourth-order valence-electron chi connectivity index (χ4n) is 1.43. The third-order valence-corrected chi connectivity index (χ3v) is 2.27. The summed E-state index contributed by atoms with van der Waals surface area (Å²) in [6.07, 6.45) is 0.526. The summed E-state index contributed by atoms with van der Waals surface area (Å²) in [5, 5.41) is 9.07. The zero-order valence-electron chi connectivity index (χ0n) is 8.86. The van der Waals surface area contributed by atoms with Crippen LogP contribution in [-0.4, -0.2) is 16.7 Å². The van der Waals surface area contributed by atoms with Gasteiger partial charge in [-0.1, -0.05) is 19.1 Å². The number of benzene rings is 1. The van der Waals surface area contributed by atoms with Gasteiger partial charge in [-0.05, 0) is 24.1 Å². The Morgan fingerprint density at radius 3 is 2.27 bits per heavy atom. The number of phenols is 1. The number of carbonyl (C=O) groups is 2. The van der Waals surface area contributed by atoms with E-state index < -0.39 is 5.78 Å². The van der Waals surface area contributed by atoms with E-state index in [4.69, 9.17) is 5.11 Å². The Balaban J connectivity index is 2.66. The van der Waals surface area contributed by atoms with Gasteiger partial charge in [0.1, 0.15) is 5.75 Å². The summed E-state index contributed by atoms with van der Waals surface area (Å²) in [4.78, 5) is 22.2. The van der Waals surface area contributed by atoms with Crippen LogP contribution in [0.5, 0.6) is 5.75 Å². The van der Waals surface area contributed by atoms with E-state index >= 15 is 0 Å². The van der Waals surface area contributed by atoms with Gasteiger partial charge in [0, 0.05) is 12.8 Å². The maximum absolute atomic E-state index is 11.3. The first-order valence-electron chi connectivity index (χ1n) is 4.83. The number of hydrogen-bond donors (Lipinski definition) is 1. The Hall–Kier alpha value is -1.64. The standard InChI is InChI=1S/C12H14O3/c1-8(12(15)9(2)13)7-10-3-5-11(14)6-4-10/h3-6,8,14H,7H2,1-2H3. The molecular formula is C12H14O3. The molecule has 0 radical (unpaired) electrons. The van der Waals surface area contributed by atoms with E-state index in [9.17, 15) is 9.59 Å². The Bertz CT molecular complexity index is 365. The van der Waals surface area contributed by atoms with Crippen molar-refractivity contribution in [3.8, 4) is 5.75 Å². The summed E-state index contributed by atoms with van der Waals surface area (Å²) in [7, 11) is 0. The molecule has 0 aliphatic carbocycles. The lowest BCUT2D eigenvalue weighted by Gasteiger charge is -2.07. The molecule has 0 heterocycles. The second-order valence-electron chi connectivity index (χ2n) is 3.69. The van der Waals surface area contributed by atoms with Gasteiger partial charge in [-0.2, -0.15) is 0 Å². The first-order chi connectivity index (χ1) is 7.00. The molecule has 0 saturated heterocycles. The number of carbonyl (C=O) groups excluding carboxylic acids is 2. The van der Waals surface area contributed by atoms with Crippen LogP contribution in [0.15, 0.2) is 24.3 Å². The van der Waals surface area contributed by atoms with Crippen molar-refractivity contribution >= 4 is 11.6 Å². The average molecular weight is 206 g/mol. The van der Waals surface area contributed by atoms with Gasteiger partial charge in [0.2, 0.25) is 5.78 Å². The minimum Gasteiger partial charge on any atom is -0.508 e. The highest BCUT2D eigenvalue weighted by Gasteiger charge is 2.17. The minimum absolute atomic E-state index is 0.198. The van der Waals surface area contributed by atoms with Crippen LogP contribution in [0.4, 0.5) is 0 Å². The van der Waals surface area contributed by atoms with Crippen molar-refractivity contribution in [2.24, 2.45) is 5.92 Å². The number of Topliss-reactive ketones (excluding diaryl/α,β-unsaturated/α-hetero) is 2. The molecule has 0 amide bonds. The molecule has 80 valence electrons. The van der Waals surface area contributed by atoms with Gasteiger partial charge in [0.15, 0.2) is 5.78 Å². The number of phenolic OH excluding ortho intramolecular Hbond substituents is 1. The van der Waals surface area contributed by atoms with Gasteiger partial charge in [0.05, 0.1) is 0 Å². The van der Waals surface area contributed by atoms with Crippen LogP contribution in [-0.2, 0) is 16.0 Å². The lowest BCUT2D eigenvalue weighted by Crippen LogP contribution is -2.20. The van der Waals surface area contributed by atoms with Gasteiger partial charge < -0.3 is 5.11 Å². The van der Waals surface area contributed by atoms with Crippen LogP contribution in [0.2, 0.25) is 0 Å². The molecule has 0 spiro atoms. The van der Waals surface area contributed by atoms with Gasteiger partial charge in [-0.15, -0.1) is 0 Å². The van der Waals surface area contributed by atoms with Crippen molar-refractivity contribution in [2.45, 2.75) is 20.3 Å². The summed E-state index contributed by atoms with van der Waals surface area (Å²) in [6, 6.07) is 6.64. The van der Waals surface area contributed by atoms with Crippen molar-refractivity contribution in [2.75, 3.05) is 0 Å².